The number of nitrogens with one attached hydrogen (secondary N) is 1. The van der Waals surface area contributed by atoms with Crippen molar-refractivity contribution in [3.8, 4) is 0 Å². The lowest BCUT2D eigenvalue weighted by atomic mass is 9.83. The molecule has 4 nitrogen and oxygen atoms in total. The van der Waals surface area contributed by atoms with E-state index in [1.165, 1.54) is 45.2 Å². The monoisotopic (exact) mass is 353 g/mol. The number of amides is 1. The molecule has 26 heavy (non-hydrogen) atoms. The Balaban J connectivity index is 1.47. The smallest absolute Gasteiger partial charge is 0.251 e. The standard InChI is InChI=1S/C22H31N3O/c1-16(2)25-14-11-18-19(8-5-10-21(18)25)22(26)23-15-17-7-6-13-24-12-4-3-9-20(17)24/h5,8,10-11,14,16-17,20H,3-4,6-7,9,12-13,15H2,1-2H3,(H,23,26)/t17-,20-/m0/s1. The van der Waals surface area contributed by atoms with E-state index in [0.29, 0.717) is 18.0 Å². The maximum Gasteiger partial charge on any atom is 0.251 e. The zero-order valence-corrected chi connectivity index (χ0v) is 16.1. The summed E-state index contributed by atoms with van der Waals surface area (Å²) in [7, 11) is 0. The lowest BCUT2D eigenvalue weighted by Crippen LogP contribution is -2.51. The van der Waals surface area contributed by atoms with Crippen LogP contribution < -0.4 is 5.32 Å². The van der Waals surface area contributed by atoms with E-state index in [-0.39, 0.29) is 5.91 Å². The van der Waals surface area contributed by atoms with E-state index in [2.05, 4.69) is 47.0 Å². The average Bonchev–Trinajstić information content (AvgIpc) is 3.10. The number of aromatic nitrogens is 1. The van der Waals surface area contributed by atoms with Crippen LogP contribution in [0.5, 0.6) is 0 Å². The first-order chi connectivity index (χ1) is 12.6. The van der Waals surface area contributed by atoms with Gasteiger partial charge in [-0.25, -0.2) is 0 Å². The van der Waals surface area contributed by atoms with Crippen molar-refractivity contribution in [3.05, 3.63) is 36.0 Å². The molecule has 4 heteroatoms. The summed E-state index contributed by atoms with van der Waals surface area (Å²) >= 11 is 0. The molecule has 0 aliphatic carbocycles. The molecule has 1 amide bonds. The van der Waals surface area contributed by atoms with Gasteiger partial charge in [-0.15, -0.1) is 0 Å². The van der Waals surface area contributed by atoms with Crippen molar-refractivity contribution in [1.82, 2.24) is 14.8 Å². The van der Waals surface area contributed by atoms with Crippen molar-refractivity contribution < 1.29 is 4.79 Å². The van der Waals surface area contributed by atoms with E-state index in [9.17, 15) is 4.79 Å². The van der Waals surface area contributed by atoms with Gasteiger partial charge in [0, 0.05) is 41.3 Å². The second-order valence-electron chi connectivity index (χ2n) is 8.27. The highest BCUT2D eigenvalue weighted by Crippen LogP contribution is 2.30. The molecule has 2 aliphatic heterocycles. The fraction of sp³-hybridized carbons (Fsp3) is 0.591. The largest absolute Gasteiger partial charge is 0.352 e. The minimum absolute atomic E-state index is 0.0741. The Kier molecular flexibility index (Phi) is 5.03. The molecule has 0 spiro atoms. The van der Waals surface area contributed by atoms with Crippen molar-refractivity contribution in [1.29, 1.82) is 0 Å². The molecule has 2 fully saturated rings. The molecule has 1 aromatic heterocycles. The topological polar surface area (TPSA) is 37.3 Å². The van der Waals surface area contributed by atoms with Crippen molar-refractivity contribution in [2.24, 2.45) is 5.92 Å². The molecule has 0 unspecified atom stereocenters. The number of hydrogen-bond acceptors (Lipinski definition) is 2. The van der Waals surface area contributed by atoms with Crippen LogP contribution in [0.15, 0.2) is 30.5 Å². The molecular formula is C22H31N3O. The Morgan fingerprint density at radius 3 is 2.85 bits per heavy atom. The maximum atomic E-state index is 12.9. The first-order valence-corrected chi connectivity index (χ1v) is 10.3. The number of fused-ring (bicyclic) bond motifs is 2. The van der Waals surface area contributed by atoms with Crippen LogP contribution in [0.2, 0.25) is 0 Å². The highest BCUT2D eigenvalue weighted by molar-refractivity contribution is 6.06. The Morgan fingerprint density at radius 2 is 2.00 bits per heavy atom. The Bertz CT molecular complexity index is 777. The molecule has 2 aromatic rings. The van der Waals surface area contributed by atoms with E-state index < -0.39 is 0 Å². The zero-order valence-electron chi connectivity index (χ0n) is 16.1. The van der Waals surface area contributed by atoms with Gasteiger partial charge < -0.3 is 14.8 Å². The van der Waals surface area contributed by atoms with Crippen LogP contribution >= 0.6 is 0 Å². The summed E-state index contributed by atoms with van der Waals surface area (Å²) in [6.45, 7) is 7.64. The van der Waals surface area contributed by atoms with Crippen LogP contribution in [0.1, 0.15) is 62.4 Å². The summed E-state index contributed by atoms with van der Waals surface area (Å²) in [5.41, 5.74) is 1.95. The van der Waals surface area contributed by atoms with Crippen molar-refractivity contribution in [3.63, 3.8) is 0 Å². The first-order valence-electron chi connectivity index (χ1n) is 10.3. The third-order valence-corrected chi connectivity index (χ3v) is 6.32. The van der Waals surface area contributed by atoms with Gasteiger partial charge in [0.25, 0.3) is 5.91 Å². The van der Waals surface area contributed by atoms with Crippen molar-refractivity contribution >= 4 is 16.8 Å². The maximum absolute atomic E-state index is 12.9. The Morgan fingerprint density at radius 1 is 1.15 bits per heavy atom. The quantitative estimate of drug-likeness (QED) is 0.894. The van der Waals surface area contributed by atoms with Crippen LogP contribution in [0.4, 0.5) is 0 Å². The highest BCUT2D eigenvalue weighted by Gasteiger charge is 2.33. The van der Waals surface area contributed by atoms with Gasteiger partial charge in [0.2, 0.25) is 0 Å². The van der Waals surface area contributed by atoms with Gasteiger partial charge in [-0.3, -0.25) is 4.79 Å². The third-order valence-electron chi connectivity index (χ3n) is 6.32. The van der Waals surface area contributed by atoms with Gasteiger partial charge in [0.1, 0.15) is 0 Å². The molecular weight excluding hydrogens is 322 g/mol. The fourth-order valence-electron chi connectivity index (χ4n) is 4.97. The zero-order chi connectivity index (χ0) is 18.1. The fourth-order valence-corrected chi connectivity index (χ4v) is 4.97. The molecule has 0 bridgehead atoms. The molecule has 2 saturated heterocycles. The normalized spacial score (nSPS) is 24.0. The predicted octanol–water partition coefficient (Wildman–Crippen LogP) is 4.22. The SMILES string of the molecule is CC(C)n1ccc2c(C(=O)NC[C@@H]3CCCN4CCCC[C@@H]34)cccc21. The third kappa shape index (κ3) is 3.27. The Labute approximate surface area is 156 Å². The van der Waals surface area contributed by atoms with Crippen LogP contribution in [0, 0.1) is 5.92 Å². The van der Waals surface area contributed by atoms with Gasteiger partial charge >= 0.3 is 0 Å². The van der Waals surface area contributed by atoms with Crippen molar-refractivity contribution in [2.75, 3.05) is 19.6 Å². The first kappa shape index (κ1) is 17.6. The summed E-state index contributed by atoms with van der Waals surface area (Å²) in [6.07, 6.45) is 8.58. The molecule has 3 heterocycles. The summed E-state index contributed by atoms with van der Waals surface area (Å²) in [5, 5.41) is 4.31. The second kappa shape index (κ2) is 7.43. The van der Waals surface area contributed by atoms with Gasteiger partial charge in [-0.2, -0.15) is 0 Å². The molecule has 2 atom stereocenters. The summed E-state index contributed by atoms with van der Waals surface area (Å²) in [4.78, 5) is 15.6. The number of hydrogen-bond donors (Lipinski definition) is 1. The summed E-state index contributed by atoms with van der Waals surface area (Å²) in [5.74, 6) is 0.678. The number of carbonyl (C=O) groups is 1. The highest BCUT2D eigenvalue weighted by atomic mass is 16.1. The van der Waals surface area contributed by atoms with E-state index in [1.807, 2.05) is 12.1 Å². The van der Waals surface area contributed by atoms with Crippen LogP contribution in [-0.4, -0.2) is 41.1 Å². The van der Waals surface area contributed by atoms with E-state index in [4.69, 9.17) is 0 Å². The number of carbonyl (C=O) groups excluding carboxylic acids is 1. The number of piperidine rings is 2. The minimum Gasteiger partial charge on any atom is -0.352 e. The second-order valence-corrected chi connectivity index (χ2v) is 8.27. The number of benzene rings is 1. The summed E-state index contributed by atoms with van der Waals surface area (Å²) in [6, 6.07) is 9.21. The predicted molar refractivity (Wildman–Crippen MR) is 107 cm³/mol. The van der Waals surface area contributed by atoms with Gasteiger partial charge in [-0.05, 0) is 76.7 Å². The van der Waals surface area contributed by atoms with E-state index in [1.54, 1.807) is 0 Å². The van der Waals surface area contributed by atoms with Crippen molar-refractivity contribution in [2.45, 2.75) is 58.0 Å². The average molecular weight is 354 g/mol. The lowest BCUT2D eigenvalue weighted by Gasteiger charge is -2.44. The van der Waals surface area contributed by atoms with Gasteiger partial charge in [0.15, 0.2) is 0 Å². The van der Waals surface area contributed by atoms with Crippen LogP contribution in [0.3, 0.4) is 0 Å². The molecule has 1 N–H and O–H groups in total. The molecule has 140 valence electrons. The molecule has 2 aliphatic rings. The van der Waals surface area contributed by atoms with Gasteiger partial charge in [0.05, 0.1) is 0 Å². The number of nitrogens with zero attached hydrogens (tertiary/aromatic N) is 2. The lowest BCUT2D eigenvalue weighted by molar-refractivity contribution is 0.0576. The molecule has 0 saturated carbocycles. The molecule has 0 radical (unpaired) electrons. The van der Waals surface area contributed by atoms with Crippen LogP contribution in [0.25, 0.3) is 10.9 Å². The molecule has 4 rings (SSSR count). The van der Waals surface area contributed by atoms with Gasteiger partial charge in [-0.1, -0.05) is 12.5 Å². The summed E-state index contributed by atoms with van der Waals surface area (Å²) < 4.78 is 2.23. The minimum atomic E-state index is 0.0741. The van der Waals surface area contributed by atoms with Crippen LogP contribution in [-0.2, 0) is 0 Å². The van der Waals surface area contributed by atoms with E-state index >= 15 is 0 Å². The Hall–Kier alpha value is -1.81. The molecule has 1 aromatic carbocycles. The van der Waals surface area contributed by atoms with E-state index in [0.717, 1.165) is 23.0 Å². The number of rotatable bonds is 4.